The molecule has 0 aliphatic carbocycles. The van der Waals surface area contributed by atoms with Gasteiger partial charge in [0.05, 0.1) is 12.6 Å². The van der Waals surface area contributed by atoms with E-state index in [1.165, 1.54) is 6.26 Å². The first kappa shape index (κ1) is 20.6. The fourth-order valence-corrected chi connectivity index (χ4v) is 2.90. The van der Waals surface area contributed by atoms with E-state index >= 15 is 0 Å². The van der Waals surface area contributed by atoms with Gasteiger partial charge in [0.1, 0.15) is 6.26 Å². The van der Waals surface area contributed by atoms with E-state index in [0.29, 0.717) is 37.1 Å². The highest BCUT2D eigenvalue weighted by molar-refractivity contribution is 5.91. The number of hydrogen-bond donors (Lipinski definition) is 2. The van der Waals surface area contributed by atoms with Crippen LogP contribution >= 0.6 is 0 Å². The number of nitrogens with zero attached hydrogens (tertiary/aromatic N) is 3. The van der Waals surface area contributed by atoms with Crippen LogP contribution in [0.4, 0.5) is 0 Å². The van der Waals surface area contributed by atoms with Crippen molar-refractivity contribution in [3.63, 3.8) is 0 Å². The molecule has 7 heteroatoms. The van der Waals surface area contributed by atoms with Gasteiger partial charge in [-0.3, -0.25) is 14.6 Å². The van der Waals surface area contributed by atoms with Gasteiger partial charge in [-0.05, 0) is 18.8 Å². The molecule has 0 spiro atoms. The summed E-state index contributed by atoms with van der Waals surface area (Å²) in [6.07, 6.45) is 4.59. The summed E-state index contributed by atoms with van der Waals surface area (Å²) in [6.45, 7) is 13.3. The number of β-amino-alcohol motifs (C(OH)–C–C–N with tert-alkyl or cyclic N) is 1. The van der Waals surface area contributed by atoms with Gasteiger partial charge in [-0.15, -0.1) is 6.58 Å². The van der Waals surface area contributed by atoms with Gasteiger partial charge in [-0.2, -0.15) is 0 Å². The predicted molar refractivity (Wildman–Crippen MR) is 101 cm³/mol. The van der Waals surface area contributed by atoms with Gasteiger partial charge in [0.2, 0.25) is 5.89 Å². The Labute approximate surface area is 156 Å². The summed E-state index contributed by atoms with van der Waals surface area (Å²) in [5.41, 5.74) is 0.338. The monoisotopic (exact) mass is 364 g/mol. The summed E-state index contributed by atoms with van der Waals surface area (Å²) >= 11 is 0. The van der Waals surface area contributed by atoms with Crippen LogP contribution in [-0.4, -0.2) is 71.2 Å². The quantitative estimate of drug-likeness (QED) is 0.613. The van der Waals surface area contributed by atoms with E-state index < -0.39 is 0 Å². The predicted octanol–water partition coefficient (Wildman–Crippen LogP) is 1.51. The van der Waals surface area contributed by atoms with Crippen molar-refractivity contribution in [1.29, 1.82) is 0 Å². The van der Waals surface area contributed by atoms with Crippen molar-refractivity contribution in [3.05, 3.63) is 30.5 Å². The van der Waals surface area contributed by atoms with E-state index in [0.717, 1.165) is 39.0 Å². The van der Waals surface area contributed by atoms with Crippen molar-refractivity contribution in [2.75, 3.05) is 39.3 Å². The Kier molecular flexibility index (Phi) is 8.28. The molecule has 2 N–H and O–H groups in total. The van der Waals surface area contributed by atoms with Gasteiger partial charge in [-0.25, -0.2) is 4.98 Å². The van der Waals surface area contributed by atoms with Crippen molar-refractivity contribution >= 4 is 5.91 Å². The van der Waals surface area contributed by atoms with E-state index in [2.05, 4.69) is 26.7 Å². The van der Waals surface area contributed by atoms with Crippen LogP contribution in [0.2, 0.25) is 0 Å². The number of nitrogens with one attached hydrogen (secondary N) is 1. The first-order valence-electron chi connectivity index (χ1n) is 9.44. The lowest BCUT2D eigenvalue weighted by atomic mass is 10.1. The molecule has 1 aromatic heterocycles. The molecule has 1 atom stereocenters. The third kappa shape index (κ3) is 6.90. The third-order valence-corrected chi connectivity index (χ3v) is 4.45. The van der Waals surface area contributed by atoms with E-state index in [1.807, 2.05) is 19.9 Å². The number of hydrogen-bond acceptors (Lipinski definition) is 6. The molecule has 1 aliphatic heterocycles. The zero-order valence-corrected chi connectivity index (χ0v) is 16.0. The lowest BCUT2D eigenvalue weighted by molar-refractivity contribution is 0.0642. The van der Waals surface area contributed by atoms with Gasteiger partial charge in [0.25, 0.3) is 5.91 Å². The summed E-state index contributed by atoms with van der Waals surface area (Å²) in [6, 6.07) is 0. The second-order valence-electron chi connectivity index (χ2n) is 7.33. The minimum absolute atomic E-state index is 0.188. The number of carbonyl (C=O) groups is 1. The highest BCUT2D eigenvalue weighted by atomic mass is 16.3. The number of piperazine rings is 1. The molecule has 0 unspecified atom stereocenters. The van der Waals surface area contributed by atoms with Crippen molar-refractivity contribution in [1.82, 2.24) is 20.1 Å². The maximum Gasteiger partial charge on any atom is 0.273 e. The minimum Gasteiger partial charge on any atom is -0.447 e. The van der Waals surface area contributed by atoms with Crippen molar-refractivity contribution in [3.8, 4) is 0 Å². The molecule has 0 saturated carbocycles. The molecule has 1 aliphatic rings. The SMILES string of the molecule is C=CCC[C@@H](O)CN1CCN(Cc2nc(C(=O)NCC(C)C)co2)CC1. The minimum atomic E-state index is -0.293. The Morgan fingerprint density at radius 1 is 1.38 bits per heavy atom. The molecule has 146 valence electrons. The van der Waals surface area contributed by atoms with Crippen LogP contribution in [0.15, 0.2) is 23.3 Å². The van der Waals surface area contributed by atoms with E-state index in [4.69, 9.17) is 4.42 Å². The van der Waals surface area contributed by atoms with Gasteiger partial charge in [0.15, 0.2) is 5.69 Å². The fraction of sp³-hybridized carbons (Fsp3) is 0.684. The van der Waals surface area contributed by atoms with Crippen LogP contribution in [0, 0.1) is 5.92 Å². The Morgan fingerprint density at radius 2 is 2.08 bits per heavy atom. The standard InChI is InChI=1S/C19H32N4O3/c1-4-5-6-16(24)12-22-7-9-23(10-8-22)13-18-21-17(14-26-18)19(25)20-11-15(2)3/h4,14-16,24H,1,5-13H2,2-3H3,(H,20,25)/t16-/m1/s1. The van der Waals surface area contributed by atoms with Crippen molar-refractivity contribution in [2.24, 2.45) is 5.92 Å². The molecule has 0 aromatic carbocycles. The molecular formula is C19H32N4O3. The Balaban J connectivity index is 1.72. The van der Waals surface area contributed by atoms with E-state index in [-0.39, 0.29) is 12.0 Å². The highest BCUT2D eigenvalue weighted by Crippen LogP contribution is 2.10. The number of carbonyl (C=O) groups excluding carboxylic acids is 1. The van der Waals surface area contributed by atoms with E-state index in [9.17, 15) is 9.90 Å². The molecule has 0 radical (unpaired) electrons. The van der Waals surface area contributed by atoms with Crippen molar-refractivity contribution in [2.45, 2.75) is 39.3 Å². The van der Waals surface area contributed by atoms with Crippen LogP contribution in [0.5, 0.6) is 0 Å². The average molecular weight is 364 g/mol. The number of allylic oxidation sites excluding steroid dienone is 1. The number of aliphatic hydroxyl groups excluding tert-OH is 1. The summed E-state index contributed by atoms with van der Waals surface area (Å²) in [4.78, 5) is 20.8. The molecular weight excluding hydrogens is 332 g/mol. The first-order valence-corrected chi connectivity index (χ1v) is 9.44. The van der Waals surface area contributed by atoms with Crippen LogP contribution in [0.25, 0.3) is 0 Å². The van der Waals surface area contributed by atoms with Crippen molar-refractivity contribution < 1.29 is 14.3 Å². The zero-order chi connectivity index (χ0) is 18.9. The topological polar surface area (TPSA) is 81.8 Å². The third-order valence-electron chi connectivity index (χ3n) is 4.45. The Morgan fingerprint density at radius 3 is 2.73 bits per heavy atom. The largest absolute Gasteiger partial charge is 0.447 e. The Bertz CT molecular complexity index is 565. The van der Waals surface area contributed by atoms with Crippen LogP contribution in [0.1, 0.15) is 43.1 Å². The van der Waals surface area contributed by atoms with E-state index in [1.54, 1.807) is 0 Å². The summed E-state index contributed by atoms with van der Waals surface area (Å²) < 4.78 is 5.45. The van der Waals surface area contributed by atoms with Crippen LogP contribution in [-0.2, 0) is 6.54 Å². The molecule has 1 aromatic rings. The van der Waals surface area contributed by atoms with Gasteiger partial charge >= 0.3 is 0 Å². The normalized spacial score (nSPS) is 17.4. The second kappa shape index (κ2) is 10.4. The lowest BCUT2D eigenvalue weighted by Crippen LogP contribution is -2.48. The molecule has 1 amide bonds. The number of aliphatic hydroxyl groups is 1. The number of rotatable bonds is 10. The molecule has 26 heavy (non-hydrogen) atoms. The molecule has 1 fully saturated rings. The first-order chi connectivity index (χ1) is 12.5. The Hall–Kier alpha value is -1.70. The molecule has 7 nitrogen and oxygen atoms in total. The number of oxazole rings is 1. The van der Waals surface area contributed by atoms with Crippen LogP contribution < -0.4 is 5.32 Å². The maximum absolute atomic E-state index is 12.0. The second-order valence-corrected chi connectivity index (χ2v) is 7.33. The lowest BCUT2D eigenvalue weighted by Gasteiger charge is -2.34. The number of aromatic nitrogens is 1. The molecule has 2 rings (SSSR count). The van der Waals surface area contributed by atoms with Gasteiger partial charge < -0.3 is 14.8 Å². The fourth-order valence-electron chi connectivity index (χ4n) is 2.90. The van der Waals surface area contributed by atoms with Gasteiger partial charge in [-0.1, -0.05) is 19.9 Å². The maximum atomic E-state index is 12.0. The van der Waals surface area contributed by atoms with Gasteiger partial charge in [0, 0.05) is 39.3 Å². The molecule has 2 heterocycles. The molecule has 1 saturated heterocycles. The smallest absolute Gasteiger partial charge is 0.273 e. The molecule has 0 bridgehead atoms. The average Bonchev–Trinajstić information content (AvgIpc) is 3.08. The summed E-state index contributed by atoms with van der Waals surface area (Å²) in [7, 11) is 0. The summed E-state index contributed by atoms with van der Waals surface area (Å²) in [5.74, 6) is 0.781. The highest BCUT2D eigenvalue weighted by Gasteiger charge is 2.21. The van der Waals surface area contributed by atoms with Crippen LogP contribution in [0.3, 0.4) is 0 Å². The summed E-state index contributed by atoms with van der Waals surface area (Å²) in [5, 5.41) is 12.8. The number of amides is 1. The zero-order valence-electron chi connectivity index (χ0n) is 16.0.